The van der Waals surface area contributed by atoms with Crippen LogP contribution in [0.5, 0.6) is 0 Å². The summed E-state index contributed by atoms with van der Waals surface area (Å²) in [5.41, 5.74) is 0.890. The number of benzene rings is 1. The van der Waals surface area contributed by atoms with Gasteiger partial charge >= 0.3 is 12.0 Å². The lowest BCUT2D eigenvalue weighted by Gasteiger charge is -2.18. The van der Waals surface area contributed by atoms with Crippen molar-refractivity contribution in [2.45, 2.75) is 19.1 Å². The Labute approximate surface area is 122 Å². The number of hydrogen-bond acceptors (Lipinski definition) is 3. The van der Waals surface area contributed by atoms with Crippen molar-refractivity contribution in [2.24, 2.45) is 0 Å². The van der Waals surface area contributed by atoms with E-state index in [1.54, 1.807) is 25.2 Å². The van der Waals surface area contributed by atoms with Crippen molar-refractivity contribution in [1.82, 2.24) is 10.2 Å². The fourth-order valence-corrected chi connectivity index (χ4v) is 1.77. The minimum atomic E-state index is -1.46. The van der Waals surface area contributed by atoms with Crippen LogP contribution in [-0.2, 0) is 11.3 Å². The zero-order chi connectivity index (χ0) is 15.1. The van der Waals surface area contributed by atoms with Gasteiger partial charge in [-0.3, -0.25) is 0 Å². The molecule has 0 unspecified atom stereocenters. The van der Waals surface area contributed by atoms with Gasteiger partial charge in [-0.25, -0.2) is 9.59 Å². The molecule has 0 saturated heterocycles. The third-order valence-electron chi connectivity index (χ3n) is 2.63. The van der Waals surface area contributed by atoms with Crippen LogP contribution in [0.25, 0.3) is 0 Å². The molecule has 6 nitrogen and oxygen atoms in total. The van der Waals surface area contributed by atoms with E-state index in [4.69, 9.17) is 21.8 Å². The molecule has 2 amide bonds. The summed E-state index contributed by atoms with van der Waals surface area (Å²) in [5, 5.41) is 20.7. The summed E-state index contributed by atoms with van der Waals surface area (Å²) >= 11 is 5.85. The number of amides is 2. The second-order valence-corrected chi connectivity index (χ2v) is 4.80. The van der Waals surface area contributed by atoms with E-state index < -0.39 is 12.1 Å². The Balaban J connectivity index is 2.38. The molecule has 0 aliphatic rings. The molecule has 1 aromatic carbocycles. The summed E-state index contributed by atoms with van der Waals surface area (Å²) in [4.78, 5) is 23.6. The number of aliphatic hydroxyl groups excluding tert-OH is 1. The Bertz CT molecular complexity index is 481. The molecule has 1 atom stereocenters. The minimum absolute atomic E-state index is 0.0356. The molecule has 0 saturated carbocycles. The maximum Gasteiger partial charge on any atom is 0.332 e. The van der Waals surface area contributed by atoms with Crippen molar-refractivity contribution in [3.8, 4) is 0 Å². The van der Waals surface area contributed by atoms with Crippen molar-refractivity contribution < 1.29 is 19.8 Å². The fourth-order valence-electron chi connectivity index (χ4n) is 1.56. The monoisotopic (exact) mass is 300 g/mol. The van der Waals surface area contributed by atoms with Crippen molar-refractivity contribution in [1.29, 1.82) is 0 Å². The van der Waals surface area contributed by atoms with E-state index in [2.05, 4.69) is 5.32 Å². The lowest BCUT2D eigenvalue weighted by atomic mass is 10.2. The molecule has 7 heteroatoms. The Morgan fingerprint density at radius 1 is 1.45 bits per heavy atom. The van der Waals surface area contributed by atoms with Gasteiger partial charge in [-0.2, -0.15) is 0 Å². The first kappa shape index (κ1) is 16.3. The molecular formula is C13H17ClN2O4. The normalized spacial score (nSPS) is 11.8. The van der Waals surface area contributed by atoms with Gasteiger partial charge in [-0.15, -0.1) is 0 Å². The summed E-state index contributed by atoms with van der Waals surface area (Å²) in [5.74, 6) is -1.30. The van der Waals surface area contributed by atoms with E-state index in [-0.39, 0.29) is 19.0 Å². The maximum atomic E-state index is 11.7. The molecule has 110 valence electrons. The van der Waals surface area contributed by atoms with Gasteiger partial charge in [0.15, 0.2) is 6.10 Å². The number of aliphatic carboxylic acids is 1. The van der Waals surface area contributed by atoms with E-state index >= 15 is 0 Å². The zero-order valence-electron chi connectivity index (χ0n) is 11.0. The van der Waals surface area contributed by atoms with E-state index in [1.807, 2.05) is 6.07 Å². The first-order valence-corrected chi connectivity index (χ1v) is 6.42. The quantitative estimate of drug-likeness (QED) is 0.739. The first-order valence-electron chi connectivity index (χ1n) is 6.04. The minimum Gasteiger partial charge on any atom is -0.479 e. The standard InChI is InChI=1S/C13H17ClN2O4/c1-16(8-9-3-2-4-10(14)7-9)13(20)15-6-5-11(17)12(18)19/h2-4,7,11,17H,5-6,8H2,1H3,(H,15,20)(H,18,19)/t11-/m0/s1. The number of halogens is 1. The molecule has 0 fully saturated rings. The second-order valence-electron chi connectivity index (χ2n) is 4.36. The fraction of sp³-hybridized carbons (Fsp3) is 0.385. The number of nitrogens with zero attached hydrogens (tertiary/aromatic N) is 1. The van der Waals surface area contributed by atoms with Gasteiger partial charge in [0.25, 0.3) is 0 Å². The number of rotatable bonds is 6. The van der Waals surface area contributed by atoms with Crippen molar-refractivity contribution in [2.75, 3.05) is 13.6 Å². The smallest absolute Gasteiger partial charge is 0.332 e. The second kappa shape index (κ2) is 7.72. The van der Waals surface area contributed by atoms with Gasteiger partial charge in [-0.1, -0.05) is 23.7 Å². The number of carboxylic acid groups (broad SMARTS) is 1. The first-order chi connectivity index (χ1) is 9.40. The van der Waals surface area contributed by atoms with E-state index in [0.29, 0.717) is 11.6 Å². The molecule has 0 bridgehead atoms. The highest BCUT2D eigenvalue weighted by molar-refractivity contribution is 6.30. The van der Waals surface area contributed by atoms with Crippen LogP contribution in [0, 0.1) is 0 Å². The van der Waals surface area contributed by atoms with Crippen LogP contribution in [0.2, 0.25) is 5.02 Å². The number of carbonyl (C=O) groups excluding carboxylic acids is 1. The van der Waals surface area contributed by atoms with Crippen molar-refractivity contribution in [3.05, 3.63) is 34.9 Å². The van der Waals surface area contributed by atoms with Gasteiger partial charge in [-0.05, 0) is 17.7 Å². The number of aliphatic hydroxyl groups is 1. The molecule has 0 radical (unpaired) electrons. The molecule has 1 rings (SSSR count). The highest BCUT2D eigenvalue weighted by atomic mass is 35.5. The average molecular weight is 301 g/mol. The molecule has 0 aliphatic carbocycles. The predicted octanol–water partition coefficient (Wildman–Crippen LogP) is 1.32. The lowest BCUT2D eigenvalue weighted by molar-refractivity contribution is -0.146. The molecule has 3 N–H and O–H groups in total. The van der Waals surface area contributed by atoms with Crippen molar-refractivity contribution in [3.63, 3.8) is 0 Å². The number of carbonyl (C=O) groups is 2. The summed E-state index contributed by atoms with van der Waals surface area (Å²) in [6, 6.07) is 6.82. The Morgan fingerprint density at radius 2 is 2.15 bits per heavy atom. The molecule has 0 aromatic heterocycles. The topological polar surface area (TPSA) is 89.9 Å². The molecule has 1 aromatic rings. The summed E-state index contributed by atoms with van der Waals surface area (Å²) in [7, 11) is 1.61. The molecule has 0 spiro atoms. The average Bonchev–Trinajstić information content (AvgIpc) is 2.38. The SMILES string of the molecule is CN(Cc1cccc(Cl)c1)C(=O)NCC[C@H](O)C(=O)O. The summed E-state index contributed by atoms with van der Waals surface area (Å²) in [6.45, 7) is 0.472. The maximum absolute atomic E-state index is 11.7. The molecule has 20 heavy (non-hydrogen) atoms. The Hall–Kier alpha value is -1.79. The molecular weight excluding hydrogens is 284 g/mol. The highest BCUT2D eigenvalue weighted by Crippen LogP contribution is 2.12. The van der Waals surface area contributed by atoms with Gasteiger partial charge in [0.2, 0.25) is 0 Å². The summed E-state index contributed by atoms with van der Waals surface area (Å²) < 4.78 is 0. The van der Waals surface area contributed by atoms with Crippen molar-refractivity contribution >= 4 is 23.6 Å². The molecule has 0 aliphatic heterocycles. The van der Waals surface area contributed by atoms with Gasteiger partial charge in [0.1, 0.15) is 0 Å². The van der Waals surface area contributed by atoms with E-state index in [9.17, 15) is 9.59 Å². The Morgan fingerprint density at radius 3 is 2.75 bits per heavy atom. The highest BCUT2D eigenvalue weighted by Gasteiger charge is 2.14. The third kappa shape index (κ3) is 5.46. The number of hydrogen-bond donors (Lipinski definition) is 3. The van der Waals surface area contributed by atoms with Crippen LogP contribution in [-0.4, -0.2) is 46.8 Å². The van der Waals surface area contributed by atoms with Crippen LogP contribution in [0.3, 0.4) is 0 Å². The van der Waals surface area contributed by atoms with Crippen LogP contribution >= 0.6 is 11.6 Å². The van der Waals surface area contributed by atoms with Gasteiger partial charge < -0.3 is 20.4 Å². The van der Waals surface area contributed by atoms with Crippen LogP contribution in [0.15, 0.2) is 24.3 Å². The number of nitrogens with one attached hydrogen (secondary N) is 1. The van der Waals surface area contributed by atoms with Crippen LogP contribution in [0.4, 0.5) is 4.79 Å². The number of carboxylic acids is 1. The van der Waals surface area contributed by atoms with Crippen LogP contribution < -0.4 is 5.32 Å². The van der Waals surface area contributed by atoms with Crippen LogP contribution in [0.1, 0.15) is 12.0 Å². The summed E-state index contributed by atoms with van der Waals surface area (Å²) in [6.07, 6.45) is -1.50. The van der Waals surface area contributed by atoms with E-state index in [0.717, 1.165) is 5.56 Å². The van der Waals surface area contributed by atoms with Gasteiger partial charge in [0.05, 0.1) is 0 Å². The largest absolute Gasteiger partial charge is 0.479 e. The Kier molecular flexibility index (Phi) is 6.27. The van der Waals surface area contributed by atoms with E-state index in [1.165, 1.54) is 4.90 Å². The number of urea groups is 1. The van der Waals surface area contributed by atoms with Gasteiger partial charge in [0, 0.05) is 31.6 Å². The molecule has 0 heterocycles. The predicted molar refractivity (Wildman–Crippen MR) is 74.6 cm³/mol. The zero-order valence-corrected chi connectivity index (χ0v) is 11.8. The third-order valence-corrected chi connectivity index (χ3v) is 2.87. The lowest BCUT2D eigenvalue weighted by Crippen LogP contribution is -2.38.